The van der Waals surface area contributed by atoms with Gasteiger partial charge in [-0.2, -0.15) is 0 Å². The van der Waals surface area contributed by atoms with Crippen molar-refractivity contribution < 1.29 is 34.3 Å². The highest BCUT2D eigenvalue weighted by Gasteiger charge is 2.48. The lowest BCUT2D eigenvalue weighted by Gasteiger charge is -2.44. The predicted octanol–water partition coefficient (Wildman–Crippen LogP) is 5.96. The summed E-state index contributed by atoms with van der Waals surface area (Å²) < 4.78 is 19.4. The number of nitro groups is 2. The average Bonchev–Trinajstić information content (AvgIpc) is 3.15. The topological polar surface area (TPSA) is 166 Å². The molecule has 5 aromatic carbocycles. The third kappa shape index (κ3) is 7.25. The summed E-state index contributed by atoms with van der Waals surface area (Å²) in [6, 6.07) is 40.0. The molecule has 0 aliphatic carbocycles. The number of nitrogens with zero attached hydrogens (tertiary/aromatic N) is 2. The lowest BCUT2D eigenvalue weighted by atomic mass is 9.80. The number of rotatable bonds is 13. The Hall–Kier alpha value is -5.50. The van der Waals surface area contributed by atoms with Crippen molar-refractivity contribution in [1.82, 2.24) is 0 Å². The molecule has 0 aromatic heterocycles. The molecular weight excluding hydrogens is 642 g/mol. The standard InChI is InChI=1S/C38H35N3O9/c42-35-33(25-49-38(27-15-7-2-8-16-27,28-17-9-3-10-18-28)29-19-11-4-12-20-29)50-37(48-24-26-13-5-1-6-14-26)34(36(35)43)39-31-22-21-30(40(44)45)23-32(31)41(46)47/h1-23,33-37,39,42-43H,24-25H2/t33-,34-,35-,36-,37-/m1/s1. The van der Waals surface area contributed by atoms with Crippen LogP contribution in [0.2, 0.25) is 0 Å². The highest BCUT2D eigenvalue weighted by atomic mass is 16.7. The smallest absolute Gasteiger partial charge is 0.299 e. The summed E-state index contributed by atoms with van der Waals surface area (Å²) in [6.45, 7) is -0.156. The molecular formula is C38H35N3O9. The van der Waals surface area contributed by atoms with Gasteiger partial charge in [-0.05, 0) is 28.3 Å². The minimum atomic E-state index is -1.58. The molecule has 1 heterocycles. The van der Waals surface area contributed by atoms with Crippen LogP contribution in [-0.4, -0.2) is 57.3 Å². The summed E-state index contributed by atoms with van der Waals surface area (Å²) in [4.78, 5) is 21.7. The molecule has 1 aliphatic heterocycles. The van der Waals surface area contributed by atoms with Crippen molar-refractivity contribution in [2.24, 2.45) is 0 Å². The highest BCUT2D eigenvalue weighted by Crippen LogP contribution is 2.41. The summed E-state index contributed by atoms with van der Waals surface area (Å²) >= 11 is 0. The van der Waals surface area contributed by atoms with Crippen molar-refractivity contribution in [3.8, 4) is 0 Å². The molecule has 0 saturated carbocycles. The van der Waals surface area contributed by atoms with Gasteiger partial charge in [-0.1, -0.05) is 121 Å². The first-order valence-electron chi connectivity index (χ1n) is 15.9. The van der Waals surface area contributed by atoms with Gasteiger partial charge < -0.3 is 29.7 Å². The molecule has 1 aliphatic rings. The zero-order chi connectivity index (χ0) is 35.1. The van der Waals surface area contributed by atoms with Crippen molar-refractivity contribution in [2.45, 2.75) is 42.9 Å². The summed E-state index contributed by atoms with van der Waals surface area (Å²) in [5, 5.41) is 49.2. The third-order valence-electron chi connectivity index (χ3n) is 8.67. The van der Waals surface area contributed by atoms with E-state index in [9.17, 15) is 30.4 Å². The Balaban J connectivity index is 1.34. The normalized spacial score (nSPS) is 20.6. The van der Waals surface area contributed by atoms with Gasteiger partial charge in [-0.3, -0.25) is 20.2 Å². The van der Waals surface area contributed by atoms with Crippen LogP contribution in [0.1, 0.15) is 22.3 Å². The van der Waals surface area contributed by atoms with Gasteiger partial charge in [0.2, 0.25) is 0 Å². The first-order valence-corrected chi connectivity index (χ1v) is 15.9. The highest BCUT2D eigenvalue weighted by molar-refractivity contribution is 5.66. The second-order valence-corrected chi connectivity index (χ2v) is 11.8. The number of aliphatic hydroxyl groups excluding tert-OH is 2. The fourth-order valence-electron chi connectivity index (χ4n) is 6.18. The van der Waals surface area contributed by atoms with Crippen LogP contribution in [0.5, 0.6) is 0 Å². The Morgan fingerprint density at radius 3 is 1.72 bits per heavy atom. The van der Waals surface area contributed by atoms with Gasteiger partial charge in [0.05, 0.1) is 29.1 Å². The Morgan fingerprint density at radius 1 is 0.700 bits per heavy atom. The molecule has 0 radical (unpaired) electrons. The van der Waals surface area contributed by atoms with Crippen LogP contribution in [0.4, 0.5) is 17.1 Å². The number of hydrogen-bond donors (Lipinski definition) is 3. The van der Waals surface area contributed by atoms with E-state index in [-0.39, 0.29) is 18.9 Å². The number of anilines is 1. The first-order chi connectivity index (χ1) is 24.3. The molecule has 256 valence electrons. The lowest BCUT2D eigenvalue weighted by molar-refractivity contribution is -0.393. The maximum Gasteiger partial charge on any atom is 0.299 e. The molecule has 3 N–H and O–H groups in total. The second-order valence-electron chi connectivity index (χ2n) is 11.8. The number of ether oxygens (including phenoxy) is 3. The van der Waals surface area contributed by atoms with Crippen LogP contribution in [0, 0.1) is 20.2 Å². The molecule has 0 amide bonds. The SMILES string of the molecule is O=[N+]([O-])c1ccc(N[C@H]2[C@H](OCc3ccccc3)O[C@H](COC(c3ccccc3)(c3ccccc3)c3ccccc3)[C@@H](O)[C@@H]2O)c([N+](=O)[O-])c1. The second kappa shape index (κ2) is 15.4. The molecule has 5 atom stereocenters. The molecule has 50 heavy (non-hydrogen) atoms. The summed E-state index contributed by atoms with van der Waals surface area (Å²) in [6.07, 6.45) is -5.49. The Labute approximate surface area is 287 Å². The predicted molar refractivity (Wildman–Crippen MR) is 184 cm³/mol. The lowest BCUT2D eigenvalue weighted by Crippen LogP contribution is -2.62. The van der Waals surface area contributed by atoms with E-state index in [0.717, 1.165) is 34.4 Å². The van der Waals surface area contributed by atoms with E-state index in [1.54, 1.807) is 0 Å². The third-order valence-corrected chi connectivity index (χ3v) is 8.67. The van der Waals surface area contributed by atoms with Gasteiger partial charge in [0.15, 0.2) is 6.29 Å². The number of aliphatic hydroxyl groups is 2. The molecule has 1 saturated heterocycles. The minimum Gasteiger partial charge on any atom is -0.388 e. The number of nitrogens with one attached hydrogen (secondary N) is 1. The van der Waals surface area contributed by atoms with Crippen molar-refractivity contribution in [3.05, 3.63) is 182 Å². The van der Waals surface area contributed by atoms with Crippen LogP contribution in [0.25, 0.3) is 0 Å². The molecule has 12 nitrogen and oxygen atoms in total. The first kappa shape index (κ1) is 34.4. The zero-order valence-corrected chi connectivity index (χ0v) is 26.7. The van der Waals surface area contributed by atoms with Crippen LogP contribution in [0.15, 0.2) is 140 Å². The molecule has 0 unspecified atom stereocenters. The Morgan fingerprint density at radius 2 is 1.22 bits per heavy atom. The van der Waals surface area contributed by atoms with E-state index in [2.05, 4.69) is 5.32 Å². The molecule has 5 aromatic rings. The van der Waals surface area contributed by atoms with Gasteiger partial charge in [0, 0.05) is 6.07 Å². The van der Waals surface area contributed by atoms with Gasteiger partial charge in [-0.25, -0.2) is 0 Å². The molecule has 0 bridgehead atoms. The van der Waals surface area contributed by atoms with E-state index in [4.69, 9.17) is 14.2 Å². The van der Waals surface area contributed by atoms with Crippen LogP contribution >= 0.6 is 0 Å². The summed E-state index contributed by atoms with van der Waals surface area (Å²) in [7, 11) is 0. The average molecular weight is 678 g/mol. The molecule has 6 rings (SSSR count). The Kier molecular flexibility index (Phi) is 10.6. The summed E-state index contributed by atoms with van der Waals surface area (Å²) in [5.41, 5.74) is 0.926. The number of non-ortho nitro benzene ring substituents is 1. The van der Waals surface area contributed by atoms with Crippen LogP contribution < -0.4 is 5.32 Å². The van der Waals surface area contributed by atoms with Crippen LogP contribution in [0.3, 0.4) is 0 Å². The maximum atomic E-state index is 11.9. The van der Waals surface area contributed by atoms with E-state index in [0.29, 0.717) is 0 Å². The summed E-state index contributed by atoms with van der Waals surface area (Å²) in [5.74, 6) is 0. The molecule has 1 fully saturated rings. The van der Waals surface area contributed by atoms with E-state index in [1.165, 1.54) is 6.07 Å². The largest absolute Gasteiger partial charge is 0.388 e. The van der Waals surface area contributed by atoms with E-state index in [1.807, 2.05) is 121 Å². The fourth-order valence-corrected chi connectivity index (χ4v) is 6.18. The van der Waals surface area contributed by atoms with Gasteiger partial charge >= 0.3 is 0 Å². The fraction of sp³-hybridized carbons (Fsp3) is 0.211. The van der Waals surface area contributed by atoms with Crippen LogP contribution in [-0.2, 0) is 26.4 Å². The van der Waals surface area contributed by atoms with Crippen molar-refractivity contribution in [2.75, 3.05) is 11.9 Å². The van der Waals surface area contributed by atoms with Gasteiger partial charge in [-0.15, -0.1) is 0 Å². The number of benzene rings is 5. The monoisotopic (exact) mass is 677 g/mol. The molecule has 0 spiro atoms. The van der Waals surface area contributed by atoms with Crippen molar-refractivity contribution in [1.29, 1.82) is 0 Å². The molecule has 12 heteroatoms. The maximum absolute atomic E-state index is 11.9. The quantitative estimate of drug-likeness (QED) is 0.0769. The van der Waals surface area contributed by atoms with Gasteiger partial charge in [0.1, 0.15) is 35.6 Å². The Bertz CT molecular complexity index is 1790. The van der Waals surface area contributed by atoms with Crippen molar-refractivity contribution >= 4 is 17.1 Å². The van der Waals surface area contributed by atoms with E-state index < -0.39 is 57.5 Å². The number of hydrogen-bond acceptors (Lipinski definition) is 10. The van der Waals surface area contributed by atoms with E-state index >= 15 is 0 Å². The number of nitro benzene ring substituents is 2. The zero-order valence-electron chi connectivity index (χ0n) is 26.7. The minimum absolute atomic E-state index is 0.0460. The van der Waals surface area contributed by atoms with Crippen molar-refractivity contribution in [3.63, 3.8) is 0 Å². The van der Waals surface area contributed by atoms with Gasteiger partial charge in [0.25, 0.3) is 11.4 Å².